The van der Waals surface area contributed by atoms with Crippen molar-refractivity contribution < 1.29 is 9.53 Å². The Bertz CT molecular complexity index is 201. The molecule has 0 saturated heterocycles. The van der Waals surface area contributed by atoms with Crippen LogP contribution in [0.5, 0.6) is 0 Å². The first-order valence-electron chi connectivity index (χ1n) is 6.32. The van der Waals surface area contributed by atoms with E-state index in [0.717, 1.165) is 12.3 Å². The molecule has 0 amide bonds. The predicted molar refractivity (Wildman–Crippen MR) is 61.6 cm³/mol. The van der Waals surface area contributed by atoms with Crippen LogP contribution in [0, 0.1) is 11.8 Å². The largest absolute Gasteiger partial charge is 0.462 e. The second kappa shape index (κ2) is 6.14. The molecule has 0 heterocycles. The molecule has 88 valence electrons. The number of carbonyl (C=O) groups is 1. The smallest absolute Gasteiger partial charge is 0.302 e. The molecule has 2 heteroatoms. The minimum atomic E-state index is -0.116. The fraction of sp³-hybridized carbons (Fsp3) is 0.923. The fourth-order valence-corrected chi connectivity index (χ4v) is 2.68. The zero-order chi connectivity index (χ0) is 11.3. The lowest BCUT2D eigenvalue weighted by Gasteiger charge is -2.22. The zero-order valence-electron chi connectivity index (χ0n) is 10.3. The Hall–Kier alpha value is -0.530. The van der Waals surface area contributed by atoms with Gasteiger partial charge in [0.1, 0.15) is 6.10 Å². The van der Waals surface area contributed by atoms with Crippen LogP contribution in [0.25, 0.3) is 0 Å². The van der Waals surface area contributed by atoms with Crippen molar-refractivity contribution in [3.63, 3.8) is 0 Å². The van der Waals surface area contributed by atoms with Gasteiger partial charge in [0.05, 0.1) is 0 Å². The van der Waals surface area contributed by atoms with Gasteiger partial charge in [0.25, 0.3) is 0 Å². The summed E-state index contributed by atoms with van der Waals surface area (Å²) in [6, 6.07) is 0. The Morgan fingerprint density at radius 3 is 2.67 bits per heavy atom. The van der Waals surface area contributed by atoms with E-state index in [4.69, 9.17) is 4.74 Å². The number of hydrogen-bond acceptors (Lipinski definition) is 2. The Balaban J connectivity index is 2.38. The third-order valence-corrected chi connectivity index (χ3v) is 3.57. The van der Waals surface area contributed by atoms with Gasteiger partial charge in [-0.15, -0.1) is 0 Å². The highest BCUT2D eigenvalue weighted by Crippen LogP contribution is 2.37. The van der Waals surface area contributed by atoms with E-state index in [9.17, 15) is 4.79 Å². The molecule has 0 radical (unpaired) electrons. The number of unbranched alkanes of at least 4 members (excludes halogenated alkanes) is 2. The van der Waals surface area contributed by atoms with Crippen LogP contribution in [0.1, 0.15) is 59.3 Å². The van der Waals surface area contributed by atoms with Gasteiger partial charge >= 0.3 is 5.97 Å². The van der Waals surface area contributed by atoms with E-state index in [0.29, 0.717) is 5.92 Å². The van der Waals surface area contributed by atoms with E-state index in [1.54, 1.807) is 0 Å². The molecule has 1 aliphatic carbocycles. The van der Waals surface area contributed by atoms with Crippen molar-refractivity contribution in [2.75, 3.05) is 0 Å². The van der Waals surface area contributed by atoms with Crippen LogP contribution in [0.15, 0.2) is 0 Å². The first-order valence-corrected chi connectivity index (χ1v) is 6.32. The average Bonchev–Trinajstić information content (AvgIpc) is 2.49. The third kappa shape index (κ3) is 3.84. The van der Waals surface area contributed by atoms with Gasteiger partial charge in [-0.3, -0.25) is 4.79 Å². The standard InChI is InChI=1S/C13H24O2/c1-4-5-6-7-12-10(2)8-9-13(12)15-11(3)14/h10,12-13H,4-9H2,1-3H3/t10-,12-,13+/m1/s1. The van der Waals surface area contributed by atoms with Crippen LogP contribution in [-0.4, -0.2) is 12.1 Å². The lowest BCUT2D eigenvalue weighted by molar-refractivity contribution is -0.148. The highest BCUT2D eigenvalue weighted by atomic mass is 16.5. The van der Waals surface area contributed by atoms with Crippen molar-refractivity contribution in [2.24, 2.45) is 11.8 Å². The summed E-state index contributed by atoms with van der Waals surface area (Å²) in [5, 5.41) is 0. The number of rotatable bonds is 5. The van der Waals surface area contributed by atoms with Gasteiger partial charge in [0.15, 0.2) is 0 Å². The van der Waals surface area contributed by atoms with E-state index in [1.165, 1.54) is 39.0 Å². The zero-order valence-corrected chi connectivity index (χ0v) is 10.3. The van der Waals surface area contributed by atoms with Gasteiger partial charge in [0, 0.05) is 6.92 Å². The maximum Gasteiger partial charge on any atom is 0.302 e. The second-order valence-corrected chi connectivity index (χ2v) is 4.86. The third-order valence-electron chi connectivity index (χ3n) is 3.57. The molecule has 1 aliphatic rings. The molecule has 0 N–H and O–H groups in total. The molecule has 0 spiro atoms. The number of carbonyl (C=O) groups excluding carboxylic acids is 1. The fourth-order valence-electron chi connectivity index (χ4n) is 2.68. The monoisotopic (exact) mass is 212 g/mol. The highest BCUT2D eigenvalue weighted by molar-refractivity contribution is 5.66. The maximum atomic E-state index is 11.0. The van der Waals surface area contributed by atoms with E-state index in [1.807, 2.05) is 0 Å². The van der Waals surface area contributed by atoms with Crippen molar-refractivity contribution in [3.05, 3.63) is 0 Å². The molecular formula is C13H24O2. The molecule has 0 aromatic carbocycles. The molecule has 0 aromatic rings. The molecular weight excluding hydrogens is 188 g/mol. The van der Waals surface area contributed by atoms with Crippen molar-refractivity contribution in [2.45, 2.75) is 65.4 Å². The summed E-state index contributed by atoms with van der Waals surface area (Å²) in [6.07, 6.45) is 7.56. The van der Waals surface area contributed by atoms with Crippen molar-refractivity contribution in [3.8, 4) is 0 Å². The molecule has 0 bridgehead atoms. The molecule has 1 fully saturated rings. The molecule has 0 aliphatic heterocycles. The Morgan fingerprint density at radius 1 is 1.33 bits per heavy atom. The molecule has 0 unspecified atom stereocenters. The summed E-state index contributed by atoms with van der Waals surface area (Å²) in [5.41, 5.74) is 0. The van der Waals surface area contributed by atoms with Crippen molar-refractivity contribution >= 4 is 5.97 Å². The van der Waals surface area contributed by atoms with E-state index in [2.05, 4.69) is 13.8 Å². The van der Waals surface area contributed by atoms with E-state index >= 15 is 0 Å². The van der Waals surface area contributed by atoms with Gasteiger partial charge in [-0.05, 0) is 31.1 Å². The topological polar surface area (TPSA) is 26.3 Å². The first-order chi connectivity index (χ1) is 7.15. The summed E-state index contributed by atoms with van der Waals surface area (Å²) in [4.78, 5) is 11.0. The summed E-state index contributed by atoms with van der Waals surface area (Å²) >= 11 is 0. The normalized spacial score (nSPS) is 30.5. The maximum absolute atomic E-state index is 11.0. The number of ether oxygens (including phenoxy) is 1. The van der Waals surface area contributed by atoms with E-state index < -0.39 is 0 Å². The summed E-state index contributed by atoms with van der Waals surface area (Å²) in [7, 11) is 0. The van der Waals surface area contributed by atoms with Crippen molar-refractivity contribution in [1.29, 1.82) is 0 Å². The van der Waals surface area contributed by atoms with Crippen LogP contribution < -0.4 is 0 Å². The van der Waals surface area contributed by atoms with Crippen LogP contribution in [0.2, 0.25) is 0 Å². The molecule has 15 heavy (non-hydrogen) atoms. The predicted octanol–water partition coefficient (Wildman–Crippen LogP) is 3.54. The van der Waals surface area contributed by atoms with Crippen LogP contribution >= 0.6 is 0 Å². The van der Waals surface area contributed by atoms with Crippen LogP contribution in [0.3, 0.4) is 0 Å². The van der Waals surface area contributed by atoms with Crippen LogP contribution in [0.4, 0.5) is 0 Å². The summed E-state index contributed by atoms with van der Waals surface area (Å²) < 4.78 is 5.39. The lowest BCUT2D eigenvalue weighted by Crippen LogP contribution is -2.23. The van der Waals surface area contributed by atoms with Gasteiger partial charge in [-0.25, -0.2) is 0 Å². The Kier molecular flexibility index (Phi) is 5.13. The number of esters is 1. The first kappa shape index (κ1) is 12.5. The highest BCUT2D eigenvalue weighted by Gasteiger charge is 2.34. The molecule has 0 aromatic heterocycles. The average molecular weight is 212 g/mol. The van der Waals surface area contributed by atoms with Gasteiger partial charge in [-0.1, -0.05) is 33.1 Å². The molecule has 2 nitrogen and oxygen atoms in total. The van der Waals surface area contributed by atoms with Crippen LogP contribution in [-0.2, 0) is 9.53 Å². The van der Waals surface area contributed by atoms with Gasteiger partial charge in [0.2, 0.25) is 0 Å². The minimum absolute atomic E-state index is 0.116. The molecule has 3 atom stereocenters. The summed E-state index contributed by atoms with van der Waals surface area (Å²) in [5.74, 6) is 1.22. The van der Waals surface area contributed by atoms with E-state index in [-0.39, 0.29) is 12.1 Å². The second-order valence-electron chi connectivity index (χ2n) is 4.86. The number of hydrogen-bond donors (Lipinski definition) is 0. The summed E-state index contributed by atoms with van der Waals surface area (Å²) in [6.45, 7) is 6.04. The SMILES string of the molecule is CCCCC[C@@H]1[C@H](C)CC[C@@H]1OC(C)=O. The molecule has 1 rings (SSSR count). The lowest BCUT2D eigenvalue weighted by atomic mass is 9.91. The van der Waals surface area contributed by atoms with Gasteiger partial charge < -0.3 is 4.74 Å². The Labute approximate surface area is 93.4 Å². The quantitative estimate of drug-likeness (QED) is 0.514. The molecule has 1 saturated carbocycles. The minimum Gasteiger partial charge on any atom is -0.462 e. The van der Waals surface area contributed by atoms with Crippen molar-refractivity contribution in [1.82, 2.24) is 0 Å². The van der Waals surface area contributed by atoms with Gasteiger partial charge in [-0.2, -0.15) is 0 Å². The Morgan fingerprint density at radius 2 is 2.07 bits per heavy atom.